The Morgan fingerprint density at radius 2 is 1.26 bits per heavy atom. The van der Waals surface area contributed by atoms with Gasteiger partial charge in [0.15, 0.2) is 0 Å². The zero-order chi connectivity index (χ0) is 25.2. The van der Waals surface area contributed by atoms with E-state index >= 15 is 0 Å². The van der Waals surface area contributed by atoms with Gasteiger partial charge in [-0.2, -0.15) is 0 Å². The quantitative estimate of drug-likeness (QED) is 0.180. The fourth-order valence-corrected chi connectivity index (χ4v) is 2.92. The van der Waals surface area contributed by atoms with Crippen LogP contribution in [0.5, 0.6) is 0 Å². The molecule has 0 aliphatic carbocycles. The summed E-state index contributed by atoms with van der Waals surface area (Å²) in [5.74, 6) is -0.153. The van der Waals surface area contributed by atoms with E-state index < -0.39 is 6.09 Å². The molecule has 0 unspecified atom stereocenters. The molecule has 9 nitrogen and oxygen atoms in total. The molecule has 0 atom stereocenters. The monoisotopic (exact) mass is 497 g/mol. The van der Waals surface area contributed by atoms with E-state index in [0.717, 1.165) is 18.4 Å². The minimum absolute atomic E-state index is 0.153. The van der Waals surface area contributed by atoms with Gasteiger partial charge in [-0.3, -0.25) is 4.79 Å². The molecule has 1 aromatic rings. The summed E-state index contributed by atoms with van der Waals surface area (Å²) in [6.07, 6.45) is 5.59. The van der Waals surface area contributed by atoms with Gasteiger partial charge in [0.2, 0.25) is 0 Å². The summed E-state index contributed by atoms with van der Waals surface area (Å²) >= 11 is 0. The van der Waals surface area contributed by atoms with Crippen LogP contribution in [-0.2, 0) is 39.8 Å². The molecule has 1 aromatic carbocycles. The topological polar surface area (TPSA) is 102 Å². The molecule has 0 saturated heterocycles. The molecular weight excluding hydrogens is 454 g/mol. The number of unbranched alkanes of at least 4 members (excludes halogenated alkanes) is 4. The highest BCUT2D eigenvalue weighted by atomic mass is 16.6. The van der Waals surface area contributed by atoms with Crippen LogP contribution in [0, 0.1) is 0 Å². The Bertz CT molecular complexity index is 629. The first-order valence-electron chi connectivity index (χ1n) is 12.6. The minimum Gasteiger partial charge on any atom is -0.463 e. The minimum atomic E-state index is -0.469. The standard InChI is InChI=1S/C26H43NO8/c1-2-3-4-5-9-12-25(28)34-22-21-33-20-19-32-18-17-31-16-15-30-14-13-27-26(29)35-23-24-10-7-6-8-11-24/h6-8,10-11H,2-5,9,12-23H2,1H3,(H,27,29). The van der Waals surface area contributed by atoms with Crippen LogP contribution in [0.25, 0.3) is 0 Å². The molecule has 0 aromatic heterocycles. The lowest BCUT2D eigenvalue weighted by atomic mass is 10.1. The second-order valence-electron chi connectivity index (χ2n) is 7.82. The summed E-state index contributed by atoms with van der Waals surface area (Å²) < 4.78 is 31.8. The number of esters is 1. The predicted molar refractivity (Wildman–Crippen MR) is 132 cm³/mol. The molecule has 0 radical (unpaired) electrons. The van der Waals surface area contributed by atoms with Crippen LogP contribution in [0.1, 0.15) is 51.0 Å². The number of rotatable bonds is 23. The van der Waals surface area contributed by atoms with Crippen LogP contribution >= 0.6 is 0 Å². The van der Waals surface area contributed by atoms with E-state index in [-0.39, 0.29) is 19.2 Å². The Kier molecular flexibility index (Phi) is 20.7. The fraction of sp³-hybridized carbons (Fsp3) is 0.692. The van der Waals surface area contributed by atoms with Crippen LogP contribution in [0.2, 0.25) is 0 Å². The van der Waals surface area contributed by atoms with Crippen molar-refractivity contribution in [1.29, 1.82) is 0 Å². The molecule has 1 amide bonds. The molecule has 1 N–H and O–H groups in total. The number of carbonyl (C=O) groups is 2. The van der Waals surface area contributed by atoms with Gasteiger partial charge in [-0.25, -0.2) is 4.79 Å². The van der Waals surface area contributed by atoms with Crippen molar-refractivity contribution in [3.8, 4) is 0 Å². The van der Waals surface area contributed by atoms with Crippen LogP contribution in [0.15, 0.2) is 30.3 Å². The van der Waals surface area contributed by atoms with Gasteiger partial charge in [0, 0.05) is 13.0 Å². The Hall–Kier alpha value is -2.20. The third-order valence-electron chi connectivity index (χ3n) is 4.82. The summed E-state index contributed by atoms with van der Waals surface area (Å²) in [5.41, 5.74) is 0.939. The van der Waals surface area contributed by atoms with Crippen molar-refractivity contribution in [2.45, 2.75) is 52.1 Å². The first kappa shape index (κ1) is 30.8. The van der Waals surface area contributed by atoms with Crippen molar-refractivity contribution in [3.63, 3.8) is 0 Å². The van der Waals surface area contributed by atoms with Crippen molar-refractivity contribution in [2.24, 2.45) is 0 Å². The first-order chi connectivity index (χ1) is 17.2. The molecule has 0 heterocycles. The van der Waals surface area contributed by atoms with Gasteiger partial charge in [0.1, 0.15) is 13.2 Å². The zero-order valence-corrected chi connectivity index (χ0v) is 21.2. The van der Waals surface area contributed by atoms with E-state index in [1.54, 1.807) is 0 Å². The van der Waals surface area contributed by atoms with Gasteiger partial charge < -0.3 is 33.7 Å². The Balaban J connectivity index is 1.73. The smallest absolute Gasteiger partial charge is 0.407 e. The maximum Gasteiger partial charge on any atom is 0.407 e. The van der Waals surface area contributed by atoms with Crippen molar-refractivity contribution < 1.29 is 38.0 Å². The molecule has 0 saturated carbocycles. The molecule has 9 heteroatoms. The van der Waals surface area contributed by atoms with Gasteiger partial charge >= 0.3 is 12.1 Å². The number of amides is 1. The predicted octanol–water partition coefficient (Wildman–Crippen LogP) is 3.88. The lowest BCUT2D eigenvalue weighted by molar-refractivity contribution is -0.145. The van der Waals surface area contributed by atoms with Gasteiger partial charge in [-0.15, -0.1) is 0 Å². The normalized spacial score (nSPS) is 10.8. The van der Waals surface area contributed by atoms with E-state index in [4.69, 9.17) is 28.4 Å². The highest BCUT2D eigenvalue weighted by Gasteiger charge is 2.03. The van der Waals surface area contributed by atoms with Crippen molar-refractivity contribution in [3.05, 3.63) is 35.9 Å². The summed E-state index contributed by atoms with van der Waals surface area (Å²) in [6.45, 7) is 6.52. The molecule has 0 spiro atoms. The zero-order valence-electron chi connectivity index (χ0n) is 21.2. The van der Waals surface area contributed by atoms with E-state index in [1.807, 2.05) is 30.3 Å². The Labute approximate surface area is 209 Å². The molecule has 0 aliphatic rings. The van der Waals surface area contributed by atoms with Crippen LogP contribution in [0.3, 0.4) is 0 Å². The number of hydrogen-bond acceptors (Lipinski definition) is 8. The van der Waals surface area contributed by atoms with E-state index in [2.05, 4.69) is 12.2 Å². The number of hydrogen-bond donors (Lipinski definition) is 1. The SMILES string of the molecule is CCCCCCCC(=O)OCCOCCOCCOCCOCCNC(=O)OCc1ccccc1. The average molecular weight is 498 g/mol. The number of nitrogens with one attached hydrogen (secondary N) is 1. The highest BCUT2D eigenvalue weighted by molar-refractivity contribution is 5.69. The van der Waals surface area contributed by atoms with Gasteiger partial charge in [-0.1, -0.05) is 62.9 Å². The number of carbonyl (C=O) groups excluding carboxylic acids is 2. The first-order valence-corrected chi connectivity index (χ1v) is 12.6. The summed E-state index contributed by atoms with van der Waals surface area (Å²) in [7, 11) is 0. The maximum absolute atomic E-state index is 11.6. The summed E-state index contributed by atoms with van der Waals surface area (Å²) in [4.78, 5) is 23.1. The molecule has 1 rings (SSSR count). The third kappa shape index (κ3) is 20.9. The molecule has 35 heavy (non-hydrogen) atoms. The molecule has 200 valence electrons. The largest absolute Gasteiger partial charge is 0.463 e. The molecular formula is C26H43NO8. The van der Waals surface area contributed by atoms with Gasteiger partial charge in [0.05, 0.1) is 52.9 Å². The lowest BCUT2D eigenvalue weighted by Gasteiger charge is -2.09. The Morgan fingerprint density at radius 1 is 0.686 bits per heavy atom. The second kappa shape index (κ2) is 23.5. The number of ether oxygens (including phenoxy) is 6. The fourth-order valence-electron chi connectivity index (χ4n) is 2.92. The van der Waals surface area contributed by atoms with Gasteiger partial charge in [-0.05, 0) is 12.0 Å². The van der Waals surface area contributed by atoms with E-state index in [1.165, 1.54) is 19.3 Å². The van der Waals surface area contributed by atoms with Crippen molar-refractivity contribution in [1.82, 2.24) is 5.32 Å². The molecule has 0 fully saturated rings. The van der Waals surface area contributed by atoms with Crippen LogP contribution in [-0.4, -0.2) is 78.1 Å². The second-order valence-corrected chi connectivity index (χ2v) is 7.82. The lowest BCUT2D eigenvalue weighted by Crippen LogP contribution is -2.28. The maximum atomic E-state index is 11.6. The van der Waals surface area contributed by atoms with E-state index in [9.17, 15) is 9.59 Å². The molecule has 0 aliphatic heterocycles. The highest BCUT2D eigenvalue weighted by Crippen LogP contribution is 2.05. The average Bonchev–Trinajstić information content (AvgIpc) is 2.87. The van der Waals surface area contributed by atoms with Crippen LogP contribution < -0.4 is 5.32 Å². The van der Waals surface area contributed by atoms with Gasteiger partial charge in [0.25, 0.3) is 0 Å². The van der Waals surface area contributed by atoms with Crippen molar-refractivity contribution in [2.75, 3.05) is 66.0 Å². The van der Waals surface area contributed by atoms with Crippen LogP contribution in [0.4, 0.5) is 4.79 Å². The third-order valence-corrected chi connectivity index (χ3v) is 4.82. The molecule has 0 bridgehead atoms. The number of benzene rings is 1. The number of alkyl carbamates (subject to hydrolysis) is 1. The van der Waals surface area contributed by atoms with E-state index in [0.29, 0.717) is 65.8 Å². The summed E-state index contributed by atoms with van der Waals surface area (Å²) in [6, 6.07) is 9.50. The van der Waals surface area contributed by atoms with Crippen molar-refractivity contribution >= 4 is 12.1 Å². The summed E-state index contributed by atoms with van der Waals surface area (Å²) in [5, 5.41) is 2.63. The Morgan fingerprint density at radius 3 is 1.89 bits per heavy atom.